The van der Waals surface area contributed by atoms with Crippen molar-refractivity contribution in [3.63, 3.8) is 0 Å². The van der Waals surface area contributed by atoms with Crippen LogP contribution >= 0.6 is 0 Å². The highest BCUT2D eigenvalue weighted by atomic mass is 14.9. The van der Waals surface area contributed by atoms with Crippen LogP contribution in [0.5, 0.6) is 0 Å². The second-order valence-electron chi connectivity index (χ2n) is 5.63. The zero-order valence-electron chi connectivity index (χ0n) is 13.1. The fourth-order valence-corrected chi connectivity index (χ4v) is 3.00. The fourth-order valence-electron chi connectivity index (χ4n) is 3.00. The fraction of sp³-hybridized carbons (Fsp3) is 0.500. The van der Waals surface area contributed by atoms with Crippen molar-refractivity contribution in [2.75, 3.05) is 6.54 Å². The third-order valence-corrected chi connectivity index (χ3v) is 4.04. The highest BCUT2D eigenvalue weighted by Crippen LogP contribution is 2.30. The Kier molecular flexibility index (Phi) is 5.13. The van der Waals surface area contributed by atoms with Crippen molar-refractivity contribution in [2.24, 2.45) is 0 Å². The summed E-state index contributed by atoms with van der Waals surface area (Å²) < 4.78 is 0. The number of hydrogen-bond donors (Lipinski definition) is 1. The van der Waals surface area contributed by atoms with E-state index in [-0.39, 0.29) is 0 Å². The van der Waals surface area contributed by atoms with Gasteiger partial charge in [0.15, 0.2) is 0 Å². The lowest BCUT2D eigenvalue weighted by molar-refractivity contribution is 0.451. The average molecular weight is 270 g/mol. The minimum Gasteiger partial charge on any atom is -0.314 e. The summed E-state index contributed by atoms with van der Waals surface area (Å²) in [5.74, 6) is 0.535. The van der Waals surface area contributed by atoms with E-state index in [1.807, 2.05) is 0 Å². The number of aromatic nitrogens is 1. The van der Waals surface area contributed by atoms with Gasteiger partial charge in [-0.1, -0.05) is 32.0 Å². The quantitative estimate of drug-likeness (QED) is 0.840. The topological polar surface area (TPSA) is 24.9 Å². The van der Waals surface area contributed by atoms with E-state index in [4.69, 9.17) is 0 Å². The second kappa shape index (κ2) is 6.85. The Morgan fingerprint density at radius 1 is 1.20 bits per heavy atom. The molecule has 2 atom stereocenters. The van der Waals surface area contributed by atoms with E-state index in [9.17, 15) is 0 Å². The van der Waals surface area contributed by atoms with Crippen LogP contribution in [0.1, 0.15) is 50.8 Å². The predicted octanol–water partition coefficient (Wildman–Crippen LogP) is 4.42. The number of aryl methyl sites for hydroxylation is 1. The van der Waals surface area contributed by atoms with Crippen LogP contribution < -0.4 is 5.32 Å². The van der Waals surface area contributed by atoms with Gasteiger partial charge in [-0.3, -0.25) is 4.98 Å². The predicted molar refractivity (Wildman–Crippen MR) is 87.3 cm³/mol. The van der Waals surface area contributed by atoms with Gasteiger partial charge >= 0.3 is 0 Å². The van der Waals surface area contributed by atoms with Gasteiger partial charge in [0, 0.05) is 17.1 Å². The standard InChI is InChI=1S/C18H26N2/c1-5-11-19-14(4)15(6-2)17-12-13(3)20-18-10-8-7-9-16(17)18/h7-10,12,14-15,19H,5-6,11H2,1-4H3. The summed E-state index contributed by atoms with van der Waals surface area (Å²) in [5.41, 5.74) is 3.66. The van der Waals surface area contributed by atoms with Gasteiger partial charge in [0.05, 0.1) is 5.52 Å². The molecule has 1 heterocycles. The van der Waals surface area contributed by atoms with E-state index in [2.05, 4.69) is 68.3 Å². The van der Waals surface area contributed by atoms with Crippen molar-refractivity contribution >= 4 is 10.9 Å². The molecule has 2 heteroatoms. The third kappa shape index (κ3) is 3.18. The van der Waals surface area contributed by atoms with E-state index < -0.39 is 0 Å². The summed E-state index contributed by atoms with van der Waals surface area (Å²) >= 11 is 0. The highest BCUT2D eigenvalue weighted by molar-refractivity contribution is 5.83. The summed E-state index contributed by atoms with van der Waals surface area (Å²) in [5, 5.41) is 4.95. The van der Waals surface area contributed by atoms with Crippen molar-refractivity contribution in [2.45, 2.75) is 52.5 Å². The number of rotatable bonds is 6. The largest absolute Gasteiger partial charge is 0.314 e. The van der Waals surface area contributed by atoms with E-state index in [0.717, 1.165) is 24.2 Å². The van der Waals surface area contributed by atoms with Crippen LogP contribution in [0.25, 0.3) is 10.9 Å². The molecule has 0 saturated heterocycles. The molecule has 0 saturated carbocycles. The maximum atomic E-state index is 4.65. The van der Waals surface area contributed by atoms with Gasteiger partial charge in [-0.2, -0.15) is 0 Å². The number of nitrogens with one attached hydrogen (secondary N) is 1. The first kappa shape index (κ1) is 15.0. The molecule has 0 aliphatic heterocycles. The van der Waals surface area contributed by atoms with Crippen LogP contribution in [0, 0.1) is 6.92 Å². The lowest BCUT2D eigenvalue weighted by atomic mass is 9.87. The van der Waals surface area contributed by atoms with Crippen LogP contribution in [-0.4, -0.2) is 17.6 Å². The lowest BCUT2D eigenvalue weighted by Crippen LogP contribution is -2.32. The van der Waals surface area contributed by atoms with E-state index in [0.29, 0.717) is 12.0 Å². The lowest BCUT2D eigenvalue weighted by Gasteiger charge is -2.25. The summed E-state index contributed by atoms with van der Waals surface area (Å²) in [4.78, 5) is 4.65. The Balaban J connectivity index is 2.43. The van der Waals surface area contributed by atoms with E-state index >= 15 is 0 Å². The van der Waals surface area contributed by atoms with Gasteiger partial charge in [-0.05, 0) is 56.8 Å². The number of hydrogen-bond acceptors (Lipinski definition) is 2. The van der Waals surface area contributed by atoms with E-state index in [1.54, 1.807) is 0 Å². The van der Waals surface area contributed by atoms with Crippen molar-refractivity contribution in [1.82, 2.24) is 10.3 Å². The Hall–Kier alpha value is -1.41. The first-order valence-corrected chi connectivity index (χ1v) is 7.77. The zero-order chi connectivity index (χ0) is 14.5. The molecule has 0 aliphatic rings. The van der Waals surface area contributed by atoms with Gasteiger partial charge in [0.1, 0.15) is 0 Å². The average Bonchev–Trinajstić information content (AvgIpc) is 2.45. The van der Waals surface area contributed by atoms with Gasteiger partial charge in [-0.15, -0.1) is 0 Å². The molecule has 0 aliphatic carbocycles. The Morgan fingerprint density at radius 3 is 2.65 bits per heavy atom. The van der Waals surface area contributed by atoms with Gasteiger partial charge < -0.3 is 5.32 Å². The molecule has 0 bridgehead atoms. The molecule has 0 spiro atoms. The van der Waals surface area contributed by atoms with Crippen molar-refractivity contribution in [1.29, 1.82) is 0 Å². The Labute approximate surface area is 122 Å². The molecule has 108 valence electrons. The first-order chi connectivity index (χ1) is 9.67. The van der Waals surface area contributed by atoms with Crippen LogP contribution in [-0.2, 0) is 0 Å². The second-order valence-corrected chi connectivity index (χ2v) is 5.63. The molecule has 1 N–H and O–H groups in total. The molecule has 2 aromatic rings. The molecule has 0 fully saturated rings. The van der Waals surface area contributed by atoms with Crippen molar-refractivity contribution < 1.29 is 0 Å². The maximum absolute atomic E-state index is 4.65. The molecule has 1 aromatic carbocycles. The van der Waals surface area contributed by atoms with Crippen LogP contribution in [0.15, 0.2) is 30.3 Å². The minimum atomic E-state index is 0.491. The summed E-state index contributed by atoms with van der Waals surface area (Å²) in [6.07, 6.45) is 2.32. The zero-order valence-corrected chi connectivity index (χ0v) is 13.1. The summed E-state index contributed by atoms with van der Waals surface area (Å²) in [7, 11) is 0. The summed E-state index contributed by atoms with van der Waals surface area (Å²) in [6, 6.07) is 11.2. The first-order valence-electron chi connectivity index (χ1n) is 7.77. The molecule has 2 rings (SSSR count). The Morgan fingerprint density at radius 2 is 1.95 bits per heavy atom. The molecule has 0 amide bonds. The normalized spacial score (nSPS) is 14.4. The molecule has 20 heavy (non-hydrogen) atoms. The van der Waals surface area contributed by atoms with Crippen molar-refractivity contribution in [3.05, 3.63) is 41.6 Å². The molecular formula is C18H26N2. The van der Waals surface area contributed by atoms with Crippen LogP contribution in [0.4, 0.5) is 0 Å². The highest BCUT2D eigenvalue weighted by Gasteiger charge is 2.19. The molecule has 0 radical (unpaired) electrons. The number of nitrogens with zero attached hydrogens (tertiary/aromatic N) is 1. The molecule has 2 unspecified atom stereocenters. The van der Waals surface area contributed by atoms with Crippen molar-refractivity contribution in [3.8, 4) is 0 Å². The monoisotopic (exact) mass is 270 g/mol. The maximum Gasteiger partial charge on any atom is 0.0708 e. The van der Waals surface area contributed by atoms with Crippen LogP contribution in [0.2, 0.25) is 0 Å². The number of para-hydroxylation sites is 1. The van der Waals surface area contributed by atoms with Gasteiger partial charge in [-0.25, -0.2) is 0 Å². The van der Waals surface area contributed by atoms with E-state index in [1.165, 1.54) is 17.4 Å². The number of fused-ring (bicyclic) bond motifs is 1. The summed E-state index contributed by atoms with van der Waals surface area (Å²) in [6.45, 7) is 9.97. The number of pyridine rings is 1. The molecular weight excluding hydrogens is 244 g/mol. The SMILES string of the molecule is CCCNC(C)C(CC)c1cc(C)nc2ccccc12. The Bertz CT molecular complexity index is 562. The minimum absolute atomic E-state index is 0.491. The van der Waals surface area contributed by atoms with Crippen LogP contribution in [0.3, 0.4) is 0 Å². The molecule has 2 nitrogen and oxygen atoms in total. The van der Waals surface area contributed by atoms with Gasteiger partial charge in [0.25, 0.3) is 0 Å². The number of benzene rings is 1. The smallest absolute Gasteiger partial charge is 0.0708 e. The molecule has 1 aromatic heterocycles. The third-order valence-electron chi connectivity index (χ3n) is 4.04. The van der Waals surface area contributed by atoms with Gasteiger partial charge in [0.2, 0.25) is 0 Å².